The maximum Gasteiger partial charge on any atom is 0.270 e. The number of nitrogens with zero attached hydrogens (tertiary/aromatic N) is 3. The van der Waals surface area contributed by atoms with E-state index in [9.17, 15) is 8.78 Å². The Labute approximate surface area is 173 Å². The van der Waals surface area contributed by atoms with Gasteiger partial charge in [0.1, 0.15) is 6.33 Å². The normalized spacial score (nSPS) is 19.4. The smallest absolute Gasteiger partial charge is 0.270 e. The highest BCUT2D eigenvalue weighted by molar-refractivity contribution is 8.00. The van der Waals surface area contributed by atoms with Gasteiger partial charge in [0.2, 0.25) is 5.82 Å². The van der Waals surface area contributed by atoms with E-state index in [-0.39, 0.29) is 23.2 Å². The zero-order chi connectivity index (χ0) is 20.4. The van der Waals surface area contributed by atoms with E-state index < -0.39 is 11.7 Å². The van der Waals surface area contributed by atoms with Crippen LogP contribution < -0.4 is 10.2 Å². The molecule has 1 aromatic heterocycles. The third kappa shape index (κ3) is 4.97. The summed E-state index contributed by atoms with van der Waals surface area (Å²) < 4.78 is 42.1. The third-order valence-corrected chi connectivity index (χ3v) is 6.76. The molecule has 1 saturated carbocycles. The Balaban J connectivity index is 1.50. The lowest BCUT2D eigenvalue weighted by Gasteiger charge is -2.25. The number of halogens is 3. The van der Waals surface area contributed by atoms with Gasteiger partial charge in [-0.3, -0.25) is 0 Å². The van der Waals surface area contributed by atoms with Crippen molar-refractivity contribution in [3.63, 3.8) is 0 Å². The SMILES string of the molecule is CC(F)(F)c1ccc(CN(c2ncnc(NCC3CCCS3)c2F)C2CC2)cc1. The first-order valence-corrected chi connectivity index (χ1v) is 11.1. The van der Waals surface area contributed by atoms with Crippen LogP contribution in [0.4, 0.5) is 24.8 Å². The van der Waals surface area contributed by atoms with E-state index in [0.29, 0.717) is 18.3 Å². The second kappa shape index (κ2) is 8.42. The van der Waals surface area contributed by atoms with Crippen LogP contribution in [0.3, 0.4) is 0 Å². The lowest BCUT2D eigenvalue weighted by molar-refractivity contribution is 0.0174. The Bertz CT molecular complexity index is 831. The fraction of sp³-hybridized carbons (Fsp3) is 0.524. The van der Waals surface area contributed by atoms with Crippen molar-refractivity contribution in [2.45, 2.75) is 56.4 Å². The van der Waals surface area contributed by atoms with Crippen LogP contribution in [0.5, 0.6) is 0 Å². The molecule has 1 atom stereocenters. The minimum Gasteiger partial charge on any atom is -0.366 e. The summed E-state index contributed by atoms with van der Waals surface area (Å²) >= 11 is 1.91. The summed E-state index contributed by atoms with van der Waals surface area (Å²) in [5.41, 5.74) is 0.823. The minimum absolute atomic E-state index is 0.0243. The molecule has 2 fully saturated rings. The summed E-state index contributed by atoms with van der Waals surface area (Å²) in [7, 11) is 0. The van der Waals surface area contributed by atoms with Crippen molar-refractivity contribution in [1.82, 2.24) is 9.97 Å². The average Bonchev–Trinajstić information content (AvgIpc) is 3.40. The number of aromatic nitrogens is 2. The summed E-state index contributed by atoms with van der Waals surface area (Å²) in [5, 5.41) is 3.63. The van der Waals surface area contributed by atoms with Crippen LogP contribution >= 0.6 is 11.8 Å². The van der Waals surface area contributed by atoms with E-state index in [4.69, 9.17) is 0 Å². The predicted octanol–water partition coefficient (Wildman–Crippen LogP) is 5.20. The molecule has 0 radical (unpaired) electrons. The molecule has 0 bridgehead atoms. The molecule has 29 heavy (non-hydrogen) atoms. The van der Waals surface area contributed by atoms with E-state index in [0.717, 1.165) is 37.5 Å². The third-order valence-electron chi connectivity index (χ3n) is 5.37. The highest BCUT2D eigenvalue weighted by Gasteiger charge is 2.33. The van der Waals surface area contributed by atoms with Crippen molar-refractivity contribution in [2.24, 2.45) is 0 Å². The molecule has 0 spiro atoms. The van der Waals surface area contributed by atoms with Gasteiger partial charge < -0.3 is 10.2 Å². The van der Waals surface area contributed by atoms with Crippen molar-refractivity contribution in [2.75, 3.05) is 22.5 Å². The highest BCUT2D eigenvalue weighted by atomic mass is 32.2. The molecule has 1 N–H and O–H groups in total. The first-order valence-electron chi connectivity index (χ1n) is 10.0. The van der Waals surface area contributed by atoms with Crippen LogP contribution in [0.1, 0.15) is 43.7 Å². The number of rotatable bonds is 8. The van der Waals surface area contributed by atoms with Crippen molar-refractivity contribution >= 4 is 23.4 Å². The minimum atomic E-state index is -2.87. The lowest BCUT2D eigenvalue weighted by atomic mass is 10.1. The van der Waals surface area contributed by atoms with E-state index in [1.807, 2.05) is 16.7 Å². The molecular formula is C21H25F3N4S. The Hall–Kier alpha value is -1.96. The topological polar surface area (TPSA) is 41.1 Å². The van der Waals surface area contributed by atoms with Crippen LogP contribution in [0.2, 0.25) is 0 Å². The van der Waals surface area contributed by atoms with Crippen LogP contribution in [-0.4, -0.2) is 33.6 Å². The molecule has 2 heterocycles. The Morgan fingerprint density at radius 1 is 1.17 bits per heavy atom. The van der Waals surface area contributed by atoms with Crippen LogP contribution in [0.25, 0.3) is 0 Å². The Morgan fingerprint density at radius 3 is 2.55 bits per heavy atom. The van der Waals surface area contributed by atoms with Gasteiger partial charge in [-0.05, 0) is 37.0 Å². The van der Waals surface area contributed by atoms with E-state index >= 15 is 4.39 Å². The van der Waals surface area contributed by atoms with Crippen molar-refractivity contribution in [3.8, 4) is 0 Å². The zero-order valence-corrected chi connectivity index (χ0v) is 17.2. The van der Waals surface area contributed by atoms with E-state index in [2.05, 4.69) is 15.3 Å². The molecular weight excluding hydrogens is 397 g/mol. The highest BCUT2D eigenvalue weighted by Crippen LogP contribution is 2.35. The first kappa shape index (κ1) is 20.3. The number of nitrogens with one attached hydrogen (secondary N) is 1. The number of thioether (sulfide) groups is 1. The predicted molar refractivity (Wildman–Crippen MR) is 111 cm³/mol. The second-order valence-corrected chi connectivity index (χ2v) is 9.23. The molecule has 156 valence electrons. The van der Waals surface area contributed by atoms with Crippen molar-refractivity contribution < 1.29 is 13.2 Å². The number of hydrogen-bond donors (Lipinski definition) is 1. The van der Waals surface area contributed by atoms with E-state index in [1.54, 1.807) is 12.1 Å². The first-order chi connectivity index (χ1) is 13.9. The lowest BCUT2D eigenvalue weighted by Crippen LogP contribution is -2.28. The molecule has 2 aromatic rings. The Kier molecular flexibility index (Phi) is 5.90. The van der Waals surface area contributed by atoms with Gasteiger partial charge in [-0.1, -0.05) is 24.3 Å². The van der Waals surface area contributed by atoms with Gasteiger partial charge in [0.15, 0.2) is 11.6 Å². The van der Waals surface area contributed by atoms with Gasteiger partial charge in [0.25, 0.3) is 5.92 Å². The molecule has 0 amide bonds. The van der Waals surface area contributed by atoms with Crippen molar-refractivity contribution in [3.05, 3.63) is 47.5 Å². The quantitative estimate of drug-likeness (QED) is 0.633. The van der Waals surface area contributed by atoms with E-state index in [1.165, 1.54) is 24.9 Å². The summed E-state index contributed by atoms with van der Waals surface area (Å²) in [4.78, 5) is 10.2. The Morgan fingerprint density at radius 2 is 1.93 bits per heavy atom. The summed E-state index contributed by atoms with van der Waals surface area (Å²) in [6, 6.07) is 6.44. The average molecular weight is 423 g/mol. The van der Waals surface area contributed by atoms with Gasteiger partial charge in [-0.25, -0.2) is 18.7 Å². The fourth-order valence-corrected chi connectivity index (χ4v) is 4.76. The second-order valence-electron chi connectivity index (χ2n) is 7.82. The number of hydrogen-bond acceptors (Lipinski definition) is 5. The fourth-order valence-electron chi connectivity index (χ4n) is 3.56. The maximum absolute atomic E-state index is 15.2. The molecule has 1 aliphatic carbocycles. The number of anilines is 2. The molecule has 4 nitrogen and oxygen atoms in total. The molecule has 1 aromatic carbocycles. The van der Waals surface area contributed by atoms with Gasteiger partial charge in [0, 0.05) is 36.9 Å². The van der Waals surface area contributed by atoms with Crippen LogP contribution in [-0.2, 0) is 12.5 Å². The van der Waals surface area contributed by atoms with Crippen LogP contribution in [0, 0.1) is 5.82 Å². The van der Waals surface area contributed by atoms with Gasteiger partial charge in [-0.15, -0.1) is 0 Å². The van der Waals surface area contributed by atoms with Gasteiger partial charge in [0.05, 0.1) is 0 Å². The van der Waals surface area contributed by atoms with Gasteiger partial charge in [-0.2, -0.15) is 16.2 Å². The van der Waals surface area contributed by atoms with Crippen LogP contribution in [0.15, 0.2) is 30.6 Å². The molecule has 1 unspecified atom stereocenters. The summed E-state index contributed by atoms with van der Waals surface area (Å²) in [5.74, 6) is -1.66. The molecule has 1 aliphatic heterocycles. The maximum atomic E-state index is 15.2. The van der Waals surface area contributed by atoms with Gasteiger partial charge >= 0.3 is 0 Å². The largest absolute Gasteiger partial charge is 0.366 e. The zero-order valence-electron chi connectivity index (χ0n) is 16.4. The number of alkyl halides is 2. The molecule has 1 saturated heterocycles. The van der Waals surface area contributed by atoms with Crippen molar-refractivity contribution in [1.29, 1.82) is 0 Å². The standard InChI is InChI=1S/C21H25F3N4S/c1-21(23,24)15-6-4-14(5-7-15)12-28(16-8-9-16)20-18(22)19(26-13-27-20)25-11-17-3-2-10-29-17/h4-7,13,16-17H,2-3,8-12H2,1H3,(H,25,26,27). The molecule has 2 aliphatic rings. The number of benzene rings is 1. The molecule has 8 heteroatoms. The summed E-state index contributed by atoms with van der Waals surface area (Å²) in [6.45, 7) is 1.99. The summed E-state index contributed by atoms with van der Waals surface area (Å²) in [6.07, 6.45) is 5.66. The molecule has 4 rings (SSSR count). The monoisotopic (exact) mass is 422 g/mol.